The number of hydrogen-bond acceptors (Lipinski definition) is 3. The van der Waals surface area contributed by atoms with Crippen LogP contribution < -0.4 is 5.32 Å². The molecule has 1 aromatic rings. The van der Waals surface area contributed by atoms with Crippen molar-refractivity contribution in [3.63, 3.8) is 0 Å². The lowest BCUT2D eigenvalue weighted by atomic mass is 10.1. The summed E-state index contributed by atoms with van der Waals surface area (Å²) in [7, 11) is 0. The van der Waals surface area contributed by atoms with Gasteiger partial charge in [-0.15, -0.1) is 0 Å². The number of esters is 1. The molecule has 2 rings (SSSR count). The van der Waals surface area contributed by atoms with Crippen molar-refractivity contribution in [2.75, 3.05) is 6.54 Å². The molecule has 0 aliphatic heterocycles. The minimum atomic E-state index is -0.463. The quantitative estimate of drug-likeness (QED) is 0.854. The second kappa shape index (κ2) is 5.29. The van der Waals surface area contributed by atoms with E-state index in [1.54, 1.807) is 12.1 Å². The number of carbonyl (C=O) groups is 1. The fraction of sp³-hybridized carbons (Fsp3) is 0.533. The third-order valence-corrected chi connectivity index (χ3v) is 3.10. The Labute approximate surface area is 113 Å². The van der Waals surface area contributed by atoms with Gasteiger partial charge in [0.2, 0.25) is 0 Å². The topological polar surface area (TPSA) is 38.3 Å². The fourth-order valence-corrected chi connectivity index (χ4v) is 2.38. The Morgan fingerprint density at radius 3 is 2.89 bits per heavy atom. The van der Waals surface area contributed by atoms with Crippen molar-refractivity contribution < 1.29 is 13.9 Å². The van der Waals surface area contributed by atoms with Gasteiger partial charge in [-0.3, -0.25) is 4.79 Å². The fourth-order valence-electron chi connectivity index (χ4n) is 2.38. The number of nitrogens with one attached hydrogen (secondary N) is 1. The summed E-state index contributed by atoms with van der Waals surface area (Å²) < 4.78 is 18.3. The van der Waals surface area contributed by atoms with Crippen LogP contribution >= 0.6 is 0 Å². The molecule has 3 nitrogen and oxygen atoms in total. The van der Waals surface area contributed by atoms with Crippen LogP contribution in [0.1, 0.15) is 44.4 Å². The Morgan fingerprint density at radius 2 is 2.21 bits per heavy atom. The maximum absolute atomic E-state index is 13.1. The molecule has 1 unspecified atom stereocenters. The first-order valence-corrected chi connectivity index (χ1v) is 6.59. The van der Waals surface area contributed by atoms with E-state index < -0.39 is 5.60 Å². The molecule has 0 saturated carbocycles. The van der Waals surface area contributed by atoms with Crippen LogP contribution in [0.4, 0.5) is 4.39 Å². The summed E-state index contributed by atoms with van der Waals surface area (Å²) in [6.45, 7) is 5.72. The molecule has 0 radical (unpaired) electrons. The molecule has 4 heteroatoms. The highest BCUT2D eigenvalue weighted by molar-refractivity contribution is 5.72. The highest BCUT2D eigenvalue weighted by atomic mass is 19.1. The van der Waals surface area contributed by atoms with Gasteiger partial charge in [-0.1, -0.05) is 6.07 Å². The molecular weight excluding hydrogens is 245 g/mol. The van der Waals surface area contributed by atoms with Gasteiger partial charge < -0.3 is 10.1 Å². The molecule has 104 valence electrons. The number of ether oxygens (including phenoxy) is 1. The van der Waals surface area contributed by atoms with Gasteiger partial charge in [0, 0.05) is 6.04 Å². The van der Waals surface area contributed by atoms with Crippen LogP contribution in [0.5, 0.6) is 0 Å². The summed E-state index contributed by atoms with van der Waals surface area (Å²) in [6.07, 6.45) is 1.74. The Kier molecular flexibility index (Phi) is 3.90. The molecule has 0 amide bonds. The van der Waals surface area contributed by atoms with Gasteiger partial charge in [0.15, 0.2) is 0 Å². The molecule has 0 spiro atoms. The number of carbonyl (C=O) groups excluding carboxylic acids is 1. The van der Waals surface area contributed by atoms with E-state index in [2.05, 4.69) is 5.32 Å². The molecule has 1 aromatic carbocycles. The van der Waals surface area contributed by atoms with Gasteiger partial charge >= 0.3 is 5.97 Å². The van der Waals surface area contributed by atoms with E-state index in [0.717, 1.165) is 24.0 Å². The molecule has 0 saturated heterocycles. The van der Waals surface area contributed by atoms with Crippen molar-refractivity contribution in [2.45, 2.75) is 45.3 Å². The summed E-state index contributed by atoms with van der Waals surface area (Å²) in [5, 5.41) is 3.18. The summed E-state index contributed by atoms with van der Waals surface area (Å²) in [4.78, 5) is 11.6. The van der Waals surface area contributed by atoms with Crippen LogP contribution in [0.2, 0.25) is 0 Å². The number of aryl methyl sites for hydroxylation is 1. The van der Waals surface area contributed by atoms with Crippen molar-refractivity contribution in [2.24, 2.45) is 0 Å². The number of benzene rings is 1. The zero-order valence-corrected chi connectivity index (χ0v) is 11.6. The van der Waals surface area contributed by atoms with Gasteiger partial charge in [-0.2, -0.15) is 0 Å². The first-order valence-electron chi connectivity index (χ1n) is 6.59. The van der Waals surface area contributed by atoms with Crippen LogP contribution in [-0.2, 0) is 16.0 Å². The van der Waals surface area contributed by atoms with Gasteiger partial charge in [0.1, 0.15) is 11.4 Å². The van der Waals surface area contributed by atoms with E-state index >= 15 is 0 Å². The number of halogens is 1. The van der Waals surface area contributed by atoms with Gasteiger partial charge in [0.25, 0.3) is 0 Å². The lowest BCUT2D eigenvalue weighted by molar-refractivity contribution is -0.153. The van der Waals surface area contributed by atoms with Gasteiger partial charge in [0.05, 0.1) is 6.54 Å². The molecule has 1 aliphatic carbocycles. The molecule has 1 aliphatic rings. The first kappa shape index (κ1) is 14.0. The standard InChI is InChI=1S/C15H20FNO2/c1-15(2,3)19-14(18)9-17-13-7-4-10-8-11(16)5-6-12(10)13/h5-6,8,13,17H,4,7,9H2,1-3H3. The van der Waals surface area contributed by atoms with Crippen molar-refractivity contribution in [1.29, 1.82) is 0 Å². The number of fused-ring (bicyclic) bond motifs is 1. The minimum Gasteiger partial charge on any atom is -0.459 e. The molecule has 0 fully saturated rings. The summed E-state index contributed by atoms with van der Waals surface area (Å²) in [5.41, 5.74) is 1.65. The van der Waals surface area contributed by atoms with Crippen LogP contribution in [0.25, 0.3) is 0 Å². The normalized spacial score (nSPS) is 18.2. The Bertz CT molecular complexity index is 480. The maximum Gasteiger partial charge on any atom is 0.320 e. The van der Waals surface area contributed by atoms with Crippen LogP contribution in [0, 0.1) is 5.82 Å². The molecule has 1 N–H and O–H groups in total. The molecule has 0 aromatic heterocycles. The van der Waals surface area contributed by atoms with Gasteiger partial charge in [-0.25, -0.2) is 4.39 Å². The van der Waals surface area contributed by atoms with E-state index in [9.17, 15) is 9.18 Å². The van der Waals surface area contributed by atoms with Crippen LogP contribution in [-0.4, -0.2) is 18.1 Å². The largest absolute Gasteiger partial charge is 0.459 e. The van der Waals surface area contributed by atoms with E-state index in [1.807, 2.05) is 20.8 Å². The molecule has 1 atom stereocenters. The molecule has 0 heterocycles. The molecular formula is C15H20FNO2. The van der Waals surface area contributed by atoms with E-state index in [1.165, 1.54) is 6.07 Å². The zero-order valence-electron chi connectivity index (χ0n) is 11.6. The smallest absolute Gasteiger partial charge is 0.320 e. The third-order valence-electron chi connectivity index (χ3n) is 3.10. The molecule has 19 heavy (non-hydrogen) atoms. The summed E-state index contributed by atoms with van der Waals surface area (Å²) in [6, 6.07) is 4.95. The lowest BCUT2D eigenvalue weighted by Gasteiger charge is -2.21. The summed E-state index contributed by atoms with van der Waals surface area (Å²) >= 11 is 0. The highest BCUT2D eigenvalue weighted by Crippen LogP contribution is 2.31. The van der Waals surface area contributed by atoms with Crippen LogP contribution in [0.3, 0.4) is 0 Å². The second-order valence-electron chi connectivity index (χ2n) is 5.90. The maximum atomic E-state index is 13.1. The number of rotatable bonds is 3. The van der Waals surface area contributed by atoms with E-state index in [4.69, 9.17) is 4.74 Å². The average molecular weight is 265 g/mol. The van der Waals surface area contributed by atoms with Gasteiger partial charge in [-0.05, 0) is 56.9 Å². The third kappa shape index (κ3) is 3.77. The van der Waals surface area contributed by atoms with Crippen LogP contribution in [0.15, 0.2) is 18.2 Å². The minimum absolute atomic E-state index is 0.114. The highest BCUT2D eigenvalue weighted by Gasteiger charge is 2.24. The lowest BCUT2D eigenvalue weighted by Crippen LogP contribution is -2.32. The first-order chi connectivity index (χ1) is 8.85. The SMILES string of the molecule is CC(C)(C)OC(=O)CNC1CCc2cc(F)ccc21. The predicted molar refractivity (Wildman–Crippen MR) is 71.3 cm³/mol. The van der Waals surface area contributed by atoms with Crippen molar-refractivity contribution in [1.82, 2.24) is 5.32 Å². The van der Waals surface area contributed by atoms with E-state index in [-0.39, 0.29) is 24.4 Å². The Hall–Kier alpha value is -1.42. The van der Waals surface area contributed by atoms with Crippen molar-refractivity contribution in [3.05, 3.63) is 35.1 Å². The van der Waals surface area contributed by atoms with Crippen molar-refractivity contribution >= 4 is 5.97 Å². The zero-order chi connectivity index (χ0) is 14.0. The average Bonchev–Trinajstić information content (AvgIpc) is 2.66. The summed E-state index contributed by atoms with van der Waals surface area (Å²) in [5.74, 6) is -0.463. The Morgan fingerprint density at radius 1 is 1.47 bits per heavy atom. The Balaban J connectivity index is 1.91. The molecule has 0 bridgehead atoms. The number of hydrogen-bond donors (Lipinski definition) is 1. The predicted octanol–water partition coefficient (Wildman–Crippen LogP) is 2.74. The van der Waals surface area contributed by atoms with Crippen molar-refractivity contribution in [3.8, 4) is 0 Å². The second-order valence-corrected chi connectivity index (χ2v) is 5.90. The van der Waals surface area contributed by atoms with E-state index in [0.29, 0.717) is 0 Å². The monoisotopic (exact) mass is 265 g/mol.